The van der Waals surface area contributed by atoms with E-state index in [-0.39, 0.29) is 40.9 Å². The van der Waals surface area contributed by atoms with Gasteiger partial charge in [0.25, 0.3) is 0 Å². The zero-order valence-corrected chi connectivity index (χ0v) is 22.4. The lowest BCUT2D eigenvalue weighted by atomic mass is 9.46. The minimum absolute atomic E-state index is 0.0136. The first kappa shape index (κ1) is 24.5. The molecule has 38 heavy (non-hydrogen) atoms. The standard InChI is InChI=1S/C30H34FN3O3S/c1-18-5-7-19(8-6-18)16-38(36,37)33-29-21-9-20-10-22(29)14-30(12-20,13-21)27(35)11-25-28-23(3-2-4-24(28)31)26-15-32-17-34(25)26/h2-8,15,17,20-22,25,27,29,33,35H,9-14,16H2,1H3. The highest BCUT2D eigenvalue weighted by atomic mass is 32.2. The minimum atomic E-state index is -3.48. The number of aromatic nitrogens is 2. The third-order valence-corrected chi connectivity index (χ3v) is 11.3. The molecule has 4 atom stereocenters. The van der Waals surface area contributed by atoms with E-state index in [4.69, 9.17) is 0 Å². The van der Waals surface area contributed by atoms with Gasteiger partial charge in [0.1, 0.15) is 5.82 Å². The van der Waals surface area contributed by atoms with E-state index in [1.165, 1.54) is 6.07 Å². The summed E-state index contributed by atoms with van der Waals surface area (Å²) in [5.74, 6) is 0.703. The molecule has 4 fully saturated rings. The monoisotopic (exact) mass is 535 g/mol. The van der Waals surface area contributed by atoms with Gasteiger partial charge in [-0.2, -0.15) is 0 Å². The first-order chi connectivity index (χ1) is 18.2. The number of halogens is 1. The molecule has 0 radical (unpaired) electrons. The van der Waals surface area contributed by atoms with Gasteiger partial charge < -0.3 is 9.67 Å². The van der Waals surface area contributed by atoms with E-state index in [0.29, 0.717) is 17.9 Å². The molecular weight excluding hydrogens is 501 g/mol. The normalized spacial score (nSPS) is 31.8. The molecule has 5 aliphatic rings. The van der Waals surface area contributed by atoms with Gasteiger partial charge in [0, 0.05) is 17.2 Å². The topological polar surface area (TPSA) is 84.2 Å². The van der Waals surface area contributed by atoms with Crippen LogP contribution in [0.5, 0.6) is 0 Å². The Bertz CT molecular complexity index is 1470. The van der Waals surface area contributed by atoms with Crippen LogP contribution in [0.15, 0.2) is 55.0 Å². The molecule has 6 nitrogen and oxygen atoms in total. The molecule has 1 aromatic heterocycles. The van der Waals surface area contributed by atoms with Crippen molar-refractivity contribution in [3.63, 3.8) is 0 Å². The van der Waals surface area contributed by atoms with Gasteiger partial charge in [-0.15, -0.1) is 0 Å². The van der Waals surface area contributed by atoms with E-state index in [1.54, 1.807) is 18.6 Å². The van der Waals surface area contributed by atoms with Crippen molar-refractivity contribution in [2.75, 3.05) is 0 Å². The lowest BCUT2D eigenvalue weighted by Crippen LogP contribution is -2.61. The number of imidazole rings is 1. The van der Waals surface area contributed by atoms with Crippen LogP contribution >= 0.6 is 0 Å². The van der Waals surface area contributed by atoms with Crippen LogP contribution in [0.2, 0.25) is 0 Å². The summed E-state index contributed by atoms with van der Waals surface area (Å²) in [5.41, 5.74) is 4.05. The maximum absolute atomic E-state index is 15.0. The fourth-order valence-corrected chi connectivity index (χ4v) is 10.0. The number of aliphatic hydroxyl groups excluding tert-OH is 1. The second-order valence-corrected chi connectivity index (χ2v) is 14.1. The summed E-state index contributed by atoms with van der Waals surface area (Å²) in [6.07, 6.45) is 7.97. The van der Waals surface area contributed by atoms with Crippen LogP contribution in [0.4, 0.5) is 4.39 Å². The summed E-state index contributed by atoms with van der Waals surface area (Å²) in [7, 11) is -3.48. The van der Waals surface area contributed by atoms with Crippen molar-refractivity contribution in [2.45, 2.75) is 69.4 Å². The summed E-state index contributed by atoms with van der Waals surface area (Å²) < 4.78 is 46.4. The van der Waals surface area contributed by atoms with Gasteiger partial charge in [0.05, 0.1) is 36.1 Å². The molecule has 8 heteroatoms. The average Bonchev–Trinajstić information content (AvgIpc) is 3.45. The molecule has 4 unspecified atom stereocenters. The zero-order chi connectivity index (χ0) is 26.2. The number of sulfonamides is 1. The molecule has 0 amide bonds. The minimum Gasteiger partial charge on any atom is -0.392 e. The van der Waals surface area contributed by atoms with E-state index >= 15 is 0 Å². The second kappa shape index (κ2) is 8.73. The van der Waals surface area contributed by atoms with Gasteiger partial charge in [-0.1, -0.05) is 42.0 Å². The molecule has 3 aromatic rings. The van der Waals surface area contributed by atoms with Crippen LogP contribution in [0.3, 0.4) is 0 Å². The molecule has 2 heterocycles. The van der Waals surface area contributed by atoms with Crippen molar-refractivity contribution >= 4 is 10.0 Å². The first-order valence-corrected chi connectivity index (χ1v) is 15.4. The van der Waals surface area contributed by atoms with Crippen molar-refractivity contribution in [1.82, 2.24) is 14.3 Å². The SMILES string of the molecule is Cc1ccc(CS(=O)(=O)NC2C3CC4CC2CC(C(O)CC2c5c(F)cccc5-c5cncn52)(C4)C3)cc1. The predicted octanol–water partition coefficient (Wildman–Crippen LogP) is 4.97. The smallest absolute Gasteiger partial charge is 0.216 e. The summed E-state index contributed by atoms with van der Waals surface area (Å²) in [6.45, 7) is 1.99. The van der Waals surface area contributed by atoms with Crippen LogP contribution in [0.1, 0.15) is 61.3 Å². The number of aryl methyl sites for hydroxylation is 1. The summed E-state index contributed by atoms with van der Waals surface area (Å²) in [6, 6.07) is 12.4. The average molecular weight is 536 g/mol. The molecule has 0 saturated heterocycles. The van der Waals surface area contributed by atoms with Crippen LogP contribution in [-0.2, 0) is 15.8 Å². The number of hydrogen-bond donors (Lipinski definition) is 2. The molecule has 2 N–H and O–H groups in total. The maximum Gasteiger partial charge on any atom is 0.216 e. The number of aliphatic hydroxyl groups is 1. The lowest BCUT2D eigenvalue weighted by molar-refractivity contribution is -0.134. The highest BCUT2D eigenvalue weighted by Gasteiger charge is 2.58. The Labute approximate surface area is 223 Å². The maximum atomic E-state index is 15.0. The lowest BCUT2D eigenvalue weighted by Gasteiger charge is -2.61. The highest BCUT2D eigenvalue weighted by molar-refractivity contribution is 7.88. The number of nitrogens with one attached hydrogen (secondary N) is 1. The predicted molar refractivity (Wildman–Crippen MR) is 143 cm³/mol. The van der Waals surface area contributed by atoms with Crippen molar-refractivity contribution < 1.29 is 17.9 Å². The number of nitrogens with zero attached hydrogens (tertiary/aromatic N) is 2. The molecule has 4 bridgehead atoms. The van der Waals surface area contributed by atoms with Gasteiger partial charge in [-0.25, -0.2) is 22.5 Å². The van der Waals surface area contributed by atoms with E-state index in [0.717, 1.165) is 54.5 Å². The Balaban J connectivity index is 1.10. The largest absolute Gasteiger partial charge is 0.392 e. The Morgan fingerprint density at radius 3 is 2.61 bits per heavy atom. The van der Waals surface area contributed by atoms with Crippen molar-refractivity contribution in [3.8, 4) is 11.3 Å². The molecule has 200 valence electrons. The van der Waals surface area contributed by atoms with Crippen LogP contribution in [-0.4, -0.2) is 35.2 Å². The molecule has 4 saturated carbocycles. The zero-order valence-electron chi connectivity index (χ0n) is 21.6. The van der Waals surface area contributed by atoms with Gasteiger partial charge in [0.2, 0.25) is 10.0 Å². The third kappa shape index (κ3) is 3.95. The summed E-state index contributed by atoms with van der Waals surface area (Å²) in [5, 5.41) is 11.8. The van der Waals surface area contributed by atoms with Gasteiger partial charge in [0.15, 0.2) is 0 Å². The first-order valence-electron chi connectivity index (χ1n) is 13.8. The number of benzene rings is 2. The summed E-state index contributed by atoms with van der Waals surface area (Å²) in [4.78, 5) is 4.29. The quantitative estimate of drug-likeness (QED) is 0.448. The van der Waals surface area contributed by atoms with Gasteiger partial charge in [-0.3, -0.25) is 0 Å². The van der Waals surface area contributed by atoms with Gasteiger partial charge >= 0.3 is 0 Å². The summed E-state index contributed by atoms with van der Waals surface area (Å²) >= 11 is 0. The van der Waals surface area contributed by atoms with Crippen LogP contribution in [0.25, 0.3) is 11.3 Å². The Kier molecular flexibility index (Phi) is 5.63. The Morgan fingerprint density at radius 1 is 1.13 bits per heavy atom. The Morgan fingerprint density at radius 2 is 1.87 bits per heavy atom. The molecule has 1 aliphatic heterocycles. The number of fused-ring (bicyclic) bond motifs is 3. The van der Waals surface area contributed by atoms with Crippen molar-refractivity contribution in [1.29, 1.82) is 0 Å². The number of rotatable bonds is 7. The third-order valence-electron chi connectivity index (χ3n) is 9.93. The van der Waals surface area contributed by atoms with Crippen molar-refractivity contribution in [2.24, 2.45) is 23.2 Å². The molecular formula is C30H34FN3O3S. The van der Waals surface area contributed by atoms with Crippen molar-refractivity contribution in [3.05, 3.63) is 77.5 Å². The van der Waals surface area contributed by atoms with Crippen LogP contribution < -0.4 is 4.72 Å². The highest BCUT2D eigenvalue weighted by Crippen LogP contribution is 2.62. The fraction of sp³-hybridized carbons (Fsp3) is 0.500. The van der Waals surface area contributed by atoms with E-state index < -0.39 is 16.1 Å². The van der Waals surface area contributed by atoms with E-state index in [1.807, 2.05) is 41.8 Å². The molecule has 8 rings (SSSR count). The van der Waals surface area contributed by atoms with Gasteiger partial charge in [-0.05, 0) is 80.2 Å². The fourth-order valence-electron chi connectivity index (χ4n) is 8.53. The molecule has 0 spiro atoms. The molecule has 2 aromatic carbocycles. The number of hydrogen-bond acceptors (Lipinski definition) is 4. The molecule has 4 aliphatic carbocycles. The Hall–Kier alpha value is -2.55. The van der Waals surface area contributed by atoms with E-state index in [2.05, 4.69) is 9.71 Å². The second-order valence-electron chi connectivity index (χ2n) is 12.4. The van der Waals surface area contributed by atoms with E-state index in [9.17, 15) is 17.9 Å². The van der Waals surface area contributed by atoms with Crippen LogP contribution in [0, 0.1) is 35.9 Å².